The van der Waals surface area contributed by atoms with Crippen LogP contribution in [0.25, 0.3) is 4.96 Å². The number of nitrogens with zero attached hydrogens (tertiary/aromatic N) is 2. The van der Waals surface area contributed by atoms with Gasteiger partial charge in [-0.2, -0.15) is 0 Å². The summed E-state index contributed by atoms with van der Waals surface area (Å²) >= 11 is 1.77. The molecule has 0 N–H and O–H groups in total. The molecule has 2 aromatic heterocycles. The summed E-state index contributed by atoms with van der Waals surface area (Å²) < 4.78 is 2.14. The van der Waals surface area contributed by atoms with Crippen molar-refractivity contribution < 1.29 is 4.79 Å². The summed E-state index contributed by atoms with van der Waals surface area (Å²) in [6.07, 6.45) is 9.08. The third kappa shape index (κ3) is 2.83. The van der Waals surface area contributed by atoms with Gasteiger partial charge in [0.25, 0.3) is 0 Å². The number of Topliss-reactive ketones (excluding diaryl/α,β-unsaturated/α-hetero) is 1. The molecule has 4 heteroatoms. The molecule has 0 bridgehead atoms. The Bertz CT molecular complexity index is 832. The van der Waals surface area contributed by atoms with Crippen LogP contribution in [0.4, 0.5) is 0 Å². The number of hydrogen-bond donors (Lipinski definition) is 0. The lowest BCUT2D eigenvalue weighted by molar-refractivity contribution is 0.0977. The SMILES string of the molecule is O=C(CCc1ccccc1)c1cnc2sc3c(n12)CCCCC3. The van der Waals surface area contributed by atoms with Gasteiger partial charge >= 0.3 is 0 Å². The second-order valence-corrected chi connectivity index (χ2v) is 7.26. The molecule has 0 saturated heterocycles. The number of fused-ring (bicyclic) bond motifs is 3. The molecule has 0 radical (unpaired) electrons. The van der Waals surface area contributed by atoms with E-state index in [-0.39, 0.29) is 5.78 Å². The molecule has 118 valence electrons. The van der Waals surface area contributed by atoms with E-state index in [4.69, 9.17) is 0 Å². The zero-order chi connectivity index (χ0) is 15.6. The first-order valence-electron chi connectivity index (χ1n) is 8.38. The second-order valence-electron chi connectivity index (χ2n) is 6.20. The van der Waals surface area contributed by atoms with Crippen LogP contribution < -0.4 is 0 Å². The number of carbonyl (C=O) groups is 1. The summed E-state index contributed by atoms with van der Waals surface area (Å²) in [5.74, 6) is 0.200. The molecule has 0 atom stereocenters. The minimum Gasteiger partial charge on any atom is -0.292 e. The van der Waals surface area contributed by atoms with Crippen molar-refractivity contribution in [1.29, 1.82) is 0 Å². The number of hydrogen-bond acceptors (Lipinski definition) is 3. The van der Waals surface area contributed by atoms with Crippen molar-refractivity contribution in [3.8, 4) is 0 Å². The molecule has 3 nitrogen and oxygen atoms in total. The molecule has 0 fully saturated rings. The van der Waals surface area contributed by atoms with Crippen molar-refractivity contribution in [3.05, 3.63) is 58.4 Å². The van der Waals surface area contributed by atoms with Crippen LogP contribution in [0, 0.1) is 0 Å². The van der Waals surface area contributed by atoms with Gasteiger partial charge in [-0.1, -0.05) is 36.8 Å². The standard InChI is InChI=1S/C19H20N2OS/c22-17(12-11-14-7-3-1-4-8-14)16-13-20-19-21(16)15-9-5-2-6-10-18(15)23-19/h1,3-4,7-8,13H,2,5-6,9-12H2. The molecular weight excluding hydrogens is 304 g/mol. The average molecular weight is 324 g/mol. The zero-order valence-electron chi connectivity index (χ0n) is 13.1. The second kappa shape index (κ2) is 6.28. The van der Waals surface area contributed by atoms with E-state index in [0.29, 0.717) is 6.42 Å². The lowest BCUT2D eigenvalue weighted by Crippen LogP contribution is -2.07. The smallest absolute Gasteiger partial charge is 0.194 e. The molecule has 23 heavy (non-hydrogen) atoms. The van der Waals surface area contributed by atoms with Crippen LogP contribution in [0.3, 0.4) is 0 Å². The van der Waals surface area contributed by atoms with Gasteiger partial charge in [-0.3, -0.25) is 9.20 Å². The molecule has 0 unspecified atom stereocenters. The van der Waals surface area contributed by atoms with Gasteiger partial charge in [0.1, 0.15) is 5.69 Å². The normalized spacial score (nSPS) is 14.6. The lowest BCUT2D eigenvalue weighted by atomic mass is 10.1. The Morgan fingerprint density at radius 1 is 1.13 bits per heavy atom. The maximum absolute atomic E-state index is 12.7. The Morgan fingerprint density at radius 3 is 2.83 bits per heavy atom. The number of rotatable bonds is 4. The number of carbonyl (C=O) groups excluding carboxylic acids is 1. The van der Waals surface area contributed by atoms with Crippen LogP contribution in [0.5, 0.6) is 0 Å². The van der Waals surface area contributed by atoms with E-state index < -0.39 is 0 Å². The van der Waals surface area contributed by atoms with Crippen LogP contribution in [0.1, 0.15) is 52.3 Å². The van der Waals surface area contributed by atoms with Gasteiger partial charge in [0.15, 0.2) is 10.7 Å². The highest BCUT2D eigenvalue weighted by Crippen LogP contribution is 2.30. The minimum atomic E-state index is 0.200. The van der Waals surface area contributed by atoms with Crippen molar-refractivity contribution in [3.63, 3.8) is 0 Å². The fourth-order valence-corrected chi connectivity index (χ4v) is 4.57. The molecule has 2 heterocycles. The van der Waals surface area contributed by atoms with E-state index in [1.54, 1.807) is 17.5 Å². The van der Waals surface area contributed by atoms with Gasteiger partial charge in [-0.05, 0) is 37.7 Å². The molecular formula is C19H20N2OS. The maximum atomic E-state index is 12.7. The maximum Gasteiger partial charge on any atom is 0.194 e. The van der Waals surface area contributed by atoms with Gasteiger partial charge in [0, 0.05) is 17.0 Å². The van der Waals surface area contributed by atoms with Crippen LogP contribution in [-0.2, 0) is 19.3 Å². The first-order valence-corrected chi connectivity index (χ1v) is 9.20. The molecule has 4 rings (SSSR count). The highest BCUT2D eigenvalue weighted by atomic mass is 32.1. The number of ketones is 1. The molecule has 0 spiro atoms. The summed E-state index contributed by atoms with van der Waals surface area (Å²) in [4.78, 5) is 19.6. The van der Waals surface area contributed by atoms with Crippen LogP contribution >= 0.6 is 11.3 Å². The molecule has 0 aliphatic heterocycles. The monoisotopic (exact) mass is 324 g/mol. The van der Waals surface area contributed by atoms with Crippen LogP contribution in [0.2, 0.25) is 0 Å². The molecule has 1 aromatic carbocycles. The van der Waals surface area contributed by atoms with Gasteiger partial charge in [-0.25, -0.2) is 4.98 Å². The molecule has 1 aliphatic carbocycles. The Hall–Kier alpha value is -1.94. The molecule has 0 saturated carbocycles. The predicted octanol–water partition coefficient (Wildman–Crippen LogP) is 4.48. The van der Waals surface area contributed by atoms with E-state index in [9.17, 15) is 4.79 Å². The fraction of sp³-hybridized carbons (Fsp3) is 0.368. The number of imidazole rings is 1. The Morgan fingerprint density at radius 2 is 1.96 bits per heavy atom. The lowest BCUT2D eigenvalue weighted by Gasteiger charge is -2.04. The summed E-state index contributed by atoms with van der Waals surface area (Å²) in [5, 5.41) is 0. The van der Waals surface area contributed by atoms with Gasteiger partial charge in [0.05, 0.1) is 6.20 Å². The molecule has 3 aromatic rings. The highest BCUT2D eigenvalue weighted by molar-refractivity contribution is 7.17. The van der Waals surface area contributed by atoms with Gasteiger partial charge in [0.2, 0.25) is 0 Å². The Balaban J connectivity index is 1.61. The zero-order valence-corrected chi connectivity index (χ0v) is 13.9. The summed E-state index contributed by atoms with van der Waals surface area (Å²) in [6.45, 7) is 0. The number of thiazole rings is 1. The van der Waals surface area contributed by atoms with E-state index in [1.807, 2.05) is 18.2 Å². The van der Waals surface area contributed by atoms with Crippen molar-refractivity contribution in [2.75, 3.05) is 0 Å². The number of aryl methyl sites for hydroxylation is 3. The van der Waals surface area contributed by atoms with Gasteiger partial charge < -0.3 is 0 Å². The number of aromatic nitrogens is 2. The van der Waals surface area contributed by atoms with Crippen molar-refractivity contribution in [1.82, 2.24) is 9.38 Å². The summed E-state index contributed by atoms with van der Waals surface area (Å²) in [5.41, 5.74) is 3.32. The predicted molar refractivity (Wildman–Crippen MR) is 93.4 cm³/mol. The molecule has 1 aliphatic rings. The minimum absolute atomic E-state index is 0.200. The van der Waals surface area contributed by atoms with Crippen molar-refractivity contribution in [2.45, 2.75) is 44.9 Å². The van der Waals surface area contributed by atoms with E-state index in [2.05, 4.69) is 21.5 Å². The molecule has 0 amide bonds. The quantitative estimate of drug-likeness (QED) is 0.524. The Labute approximate surface area is 140 Å². The van der Waals surface area contributed by atoms with Crippen LogP contribution in [-0.4, -0.2) is 15.2 Å². The third-order valence-electron chi connectivity index (χ3n) is 4.62. The largest absolute Gasteiger partial charge is 0.292 e. The van der Waals surface area contributed by atoms with Crippen LogP contribution in [0.15, 0.2) is 36.5 Å². The first kappa shape index (κ1) is 14.6. The summed E-state index contributed by atoms with van der Waals surface area (Å²) in [6, 6.07) is 10.2. The Kier molecular flexibility index (Phi) is 4.00. The van der Waals surface area contributed by atoms with Crippen molar-refractivity contribution in [2.24, 2.45) is 0 Å². The summed E-state index contributed by atoms with van der Waals surface area (Å²) in [7, 11) is 0. The van der Waals surface area contributed by atoms with E-state index in [1.165, 1.54) is 35.4 Å². The van der Waals surface area contributed by atoms with E-state index in [0.717, 1.165) is 29.9 Å². The average Bonchev–Trinajstić information content (AvgIpc) is 3.05. The van der Waals surface area contributed by atoms with Gasteiger partial charge in [-0.15, -0.1) is 11.3 Å². The topological polar surface area (TPSA) is 34.4 Å². The third-order valence-corrected chi connectivity index (χ3v) is 5.78. The first-order chi connectivity index (χ1) is 11.3. The number of benzene rings is 1. The highest BCUT2D eigenvalue weighted by Gasteiger charge is 2.21. The van der Waals surface area contributed by atoms with E-state index >= 15 is 0 Å². The van der Waals surface area contributed by atoms with Crippen molar-refractivity contribution >= 4 is 22.1 Å². The fourth-order valence-electron chi connectivity index (χ4n) is 3.39.